The number of carbonyl (C=O) groups excluding carboxylic acids is 4. The van der Waals surface area contributed by atoms with Gasteiger partial charge in [-0.15, -0.1) is 0 Å². The molecule has 5 aromatic carbocycles. The van der Waals surface area contributed by atoms with Crippen LogP contribution in [-0.2, 0) is 25.1 Å². The second-order valence-electron chi connectivity index (χ2n) is 15.4. The van der Waals surface area contributed by atoms with Crippen molar-refractivity contribution in [1.29, 1.82) is 0 Å². The lowest BCUT2D eigenvalue weighted by molar-refractivity contribution is -0.147. The minimum atomic E-state index is -0.815. The molecule has 0 radical (unpaired) electrons. The van der Waals surface area contributed by atoms with Crippen molar-refractivity contribution in [3.05, 3.63) is 165 Å². The molecule has 10 nitrogen and oxygen atoms in total. The monoisotopic (exact) mass is 814 g/mol. The molecule has 0 fully saturated rings. The summed E-state index contributed by atoms with van der Waals surface area (Å²) in [5.74, 6) is 1.01. The lowest BCUT2D eigenvalue weighted by atomic mass is 9.77. The molecule has 0 unspecified atom stereocenters. The Hall–Kier alpha value is -6.52. The fourth-order valence-electron chi connectivity index (χ4n) is 6.46. The number of esters is 2. The Morgan fingerprint density at radius 1 is 0.567 bits per heavy atom. The Morgan fingerprint density at radius 2 is 0.967 bits per heavy atom. The van der Waals surface area contributed by atoms with Crippen LogP contribution in [0.15, 0.2) is 110 Å². The van der Waals surface area contributed by atoms with E-state index in [-0.39, 0.29) is 18.0 Å². The van der Waals surface area contributed by atoms with Crippen molar-refractivity contribution in [3.63, 3.8) is 0 Å². The third-order valence-corrected chi connectivity index (χ3v) is 10.4. The summed E-state index contributed by atoms with van der Waals surface area (Å²) in [5.41, 5.74) is 7.78. The average Bonchev–Trinajstić information content (AvgIpc) is 3.22. The molecule has 0 saturated carbocycles. The molecule has 60 heavy (non-hydrogen) atoms. The minimum absolute atomic E-state index is 0.00907. The van der Waals surface area contributed by atoms with E-state index in [1.54, 1.807) is 37.4 Å². The number of carbonyl (C=O) groups is 4. The predicted octanol–water partition coefficient (Wildman–Crippen LogP) is 10.9. The van der Waals surface area contributed by atoms with E-state index >= 15 is 0 Å². The van der Waals surface area contributed by atoms with E-state index in [2.05, 4.69) is 55.9 Å². The molecule has 0 bridgehead atoms. The van der Waals surface area contributed by atoms with E-state index in [0.29, 0.717) is 28.4 Å². The number of benzene rings is 5. The highest BCUT2D eigenvalue weighted by atomic mass is 16.7. The maximum absolute atomic E-state index is 13.0. The number of ether oxygens (including phenoxy) is 6. The van der Waals surface area contributed by atoms with E-state index in [0.717, 1.165) is 56.3 Å². The first-order chi connectivity index (χ1) is 28.3. The van der Waals surface area contributed by atoms with Crippen LogP contribution in [0.25, 0.3) is 0 Å². The molecule has 314 valence electrons. The summed E-state index contributed by atoms with van der Waals surface area (Å²) in [4.78, 5) is 47.7. The molecule has 0 amide bonds. The Bertz CT molecular complexity index is 2390. The van der Waals surface area contributed by atoms with Gasteiger partial charge in [-0.2, -0.15) is 0 Å². The standard InChI is InChI=1S/C45H46O7.C5H8O3/c1-27-22-34(14-18-38(27)49-10)44(6,7)36-16-20-40(29(3)24-36)51-43(48)52-41-21-17-37(25-30(41)4)45(8,9)35-15-19-39(28(2)23-35)50-42(47)33-13-11-12-32(26-33)31(5)46;1-3-5(6)8-4-7-2/h11-26H,1-10H3;3H,1,4H2,2H3. The van der Waals surface area contributed by atoms with Crippen LogP contribution in [0.4, 0.5) is 4.79 Å². The third kappa shape index (κ3) is 11.4. The van der Waals surface area contributed by atoms with Crippen molar-refractivity contribution in [3.8, 4) is 23.0 Å². The molecular formula is C50H54O10. The fraction of sp³-hybridized carbons (Fsp3) is 0.280. The van der Waals surface area contributed by atoms with Crippen molar-refractivity contribution < 1.29 is 47.6 Å². The van der Waals surface area contributed by atoms with Gasteiger partial charge in [0.1, 0.15) is 23.0 Å². The van der Waals surface area contributed by atoms with Crippen molar-refractivity contribution in [2.24, 2.45) is 0 Å². The molecule has 0 saturated heterocycles. The summed E-state index contributed by atoms with van der Waals surface area (Å²) in [7, 11) is 3.11. The smallest absolute Gasteiger partial charge is 0.496 e. The fourth-order valence-corrected chi connectivity index (χ4v) is 6.46. The van der Waals surface area contributed by atoms with Crippen LogP contribution in [0.1, 0.15) is 99.8 Å². The van der Waals surface area contributed by atoms with Crippen molar-refractivity contribution in [2.45, 2.75) is 73.1 Å². The second-order valence-corrected chi connectivity index (χ2v) is 15.4. The maximum atomic E-state index is 13.0. The molecule has 0 heterocycles. The molecule has 5 rings (SSSR count). The summed E-state index contributed by atoms with van der Waals surface area (Å²) < 4.78 is 31.2. The topological polar surface area (TPSA) is 124 Å². The molecule has 10 heteroatoms. The van der Waals surface area contributed by atoms with E-state index < -0.39 is 23.5 Å². The first-order valence-electron chi connectivity index (χ1n) is 19.3. The molecule has 0 aliphatic rings. The number of hydrogen-bond donors (Lipinski definition) is 0. The Labute approximate surface area is 353 Å². The predicted molar refractivity (Wildman–Crippen MR) is 232 cm³/mol. The molecule has 0 atom stereocenters. The van der Waals surface area contributed by atoms with Gasteiger partial charge in [0.15, 0.2) is 12.6 Å². The number of hydrogen-bond acceptors (Lipinski definition) is 10. The third-order valence-electron chi connectivity index (χ3n) is 10.4. The first kappa shape index (κ1) is 46.2. The normalized spacial score (nSPS) is 11.1. The Kier molecular flexibility index (Phi) is 15.4. The number of methoxy groups -OCH3 is 2. The van der Waals surface area contributed by atoms with Crippen LogP contribution in [0.3, 0.4) is 0 Å². The minimum Gasteiger partial charge on any atom is -0.496 e. The number of aryl methyl sites for hydroxylation is 4. The van der Waals surface area contributed by atoms with Crippen LogP contribution in [0, 0.1) is 27.7 Å². The van der Waals surface area contributed by atoms with E-state index in [1.165, 1.54) is 20.1 Å². The molecule has 0 aliphatic carbocycles. The Balaban J connectivity index is 0.000000899. The zero-order valence-corrected chi connectivity index (χ0v) is 36.3. The van der Waals surface area contributed by atoms with Gasteiger partial charge in [-0.05, 0) is 116 Å². The number of ketones is 1. The van der Waals surface area contributed by atoms with Gasteiger partial charge in [0.25, 0.3) is 0 Å². The molecule has 0 N–H and O–H groups in total. The lowest BCUT2D eigenvalue weighted by Gasteiger charge is -2.28. The lowest BCUT2D eigenvalue weighted by Crippen LogP contribution is -2.20. The zero-order valence-electron chi connectivity index (χ0n) is 36.3. The van der Waals surface area contributed by atoms with Gasteiger partial charge in [-0.25, -0.2) is 14.4 Å². The molecule has 0 spiro atoms. The van der Waals surface area contributed by atoms with Crippen molar-refractivity contribution in [1.82, 2.24) is 0 Å². The highest BCUT2D eigenvalue weighted by Gasteiger charge is 2.27. The van der Waals surface area contributed by atoms with Crippen LogP contribution in [0.2, 0.25) is 0 Å². The highest BCUT2D eigenvalue weighted by molar-refractivity contribution is 5.98. The summed E-state index contributed by atoms with van der Waals surface area (Å²) in [6, 6.07) is 30.0. The summed E-state index contributed by atoms with van der Waals surface area (Å²) >= 11 is 0. The first-order valence-corrected chi connectivity index (χ1v) is 19.3. The van der Waals surface area contributed by atoms with Crippen molar-refractivity contribution in [2.75, 3.05) is 21.0 Å². The van der Waals surface area contributed by atoms with E-state index in [9.17, 15) is 19.2 Å². The van der Waals surface area contributed by atoms with E-state index in [1.807, 2.05) is 76.2 Å². The van der Waals surface area contributed by atoms with E-state index in [4.69, 9.17) is 18.9 Å². The summed E-state index contributed by atoms with van der Waals surface area (Å²) in [5, 5.41) is 0. The summed E-state index contributed by atoms with van der Waals surface area (Å²) in [6.45, 7) is 20.9. The zero-order chi connectivity index (χ0) is 44.4. The van der Waals surface area contributed by atoms with Crippen LogP contribution < -0.4 is 18.9 Å². The SMILES string of the molecule is C=CC(=O)OCOC.COc1ccc(C(C)(C)c2ccc(OC(=O)Oc3ccc(C(C)(C)c4ccc(OC(=O)c5cccc(C(C)=O)c5)c(C)c4)cc3C)c(C)c2)cc1C. The van der Waals surface area contributed by atoms with Crippen LogP contribution in [0.5, 0.6) is 23.0 Å². The molecule has 0 aliphatic heterocycles. The second kappa shape index (κ2) is 20.0. The van der Waals surface area contributed by atoms with Gasteiger partial charge in [-0.3, -0.25) is 4.79 Å². The maximum Gasteiger partial charge on any atom is 0.519 e. The van der Waals surface area contributed by atoms with Crippen LogP contribution >= 0.6 is 0 Å². The van der Waals surface area contributed by atoms with Gasteiger partial charge >= 0.3 is 18.1 Å². The number of Topliss-reactive ketones (excluding diaryl/α,β-unsaturated/α-hetero) is 1. The van der Waals surface area contributed by atoms with Gasteiger partial charge < -0.3 is 28.4 Å². The average molecular weight is 815 g/mol. The molecule has 5 aromatic rings. The molecule has 0 aromatic heterocycles. The highest BCUT2D eigenvalue weighted by Crippen LogP contribution is 2.38. The summed E-state index contributed by atoms with van der Waals surface area (Å²) in [6.07, 6.45) is 0.267. The number of rotatable bonds is 13. The van der Waals surface area contributed by atoms with Gasteiger partial charge in [0.05, 0.1) is 12.7 Å². The van der Waals surface area contributed by atoms with Crippen LogP contribution in [-0.4, -0.2) is 44.9 Å². The Morgan fingerprint density at radius 3 is 1.33 bits per heavy atom. The largest absolute Gasteiger partial charge is 0.519 e. The quantitative estimate of drug-likeness (QED) is 0.0283. The van der Waals surface area contributed by atoms with Gasteiger partial charge in [0, 0.05) is 29.6 Å². The van der Waals surface area contributed by atoms with Crippen molar-refractivity contribution >= 4 is 23.9 Å². The van der Waals surface area contributed by atoms with Gasteiger partial charge in [0.2, 0.25) is 0 Å². The molecular weight excluding hydrogens is 761 g/mol. The van der Waals surface area contributed by atoms with Gasteiger partial charge in [-0.1, -0.05) is 94.9 Å².